The molecular formula is C26H34N2O6S. The zero-order valence-corrected chi connectivity index (χ0v) is 21.4. The Morgan fingerprint density at radius 3 is 1.91 bits per heavy atom. The van der Waals surface area contributed by atoms with E-state index in [1.165, 1.54) is 0 Å². The first-order valence-electron chi connectivity index (χ1n) is 11.7. The Bertz CT molecular complexity index is 969. The van der Waals surface area contributed by atoms with Crippen LogP contribution in [0.4, 0.5) is 0 Å². The third-order valence-electron chi connectivity index (χ3n) is 6.09. The van der Waals surface area contributed by atoms with Gasteiger partial charge in [0.2, 0.25) is 0 Å². The molecule has 0 aliphatic carbocycles. The Morgan fingerprint density at radius 2 is 1.43 bits per heavy atom. The Morgan fingerprint density at radius 1 is 0.886 bits per heavy atom. The summed E-state index contributed by atoms with van der Waals surface area (Å²) >= 11 is 1.59. The zero-order valence-electron chi connectivity index (χ0n) is 20.6. The minimum atomic E-state index is -0.394. The zero-order chi connectivity index (χ0) is 24.8. The lowest BCUT2D eigenvalue weighted by Crippen LogP contribution is -2.57. The quantitative estimate of drug-likeness (QED) is 0.530. The summed E-state index contributed by atoms with van der Waals surface area (Å²) in [5.41, 5.74) is 1.86. The molecule has 0 bridgehead atoms. The molecule has 2 aliphatic heterocycles. The summed E-state index contributed by atoms with van der Waals surface area (Å²) in [6, 6.07) is 15.4. The molecule has 2 heterocycles. The third kappa shape index (κ3) is 6.29. The van der Waals surface area contributed by atoms with E-state index < -0.39 is 6.10 Å². The van der Waals surface area contributed by atoms with Crippen molar-refractivity contribution in [3.05, 3.63) is 59.7 Å². The first kappa shape index (κ1) is 25.8. The molecule has 2 aliphatic rings. The van der Waals surface area contributed by atoms with E-state index in [1.807, 2.05) is 67.5 Å². The molecule has 0 amide bonds. The van der Waals surface area contributed by atoms with Gasteiger partial charge in [0.25, 0.3) is 0 Å². The van der Waals surface area contributed by atoms with E-state index in [0.29, 0.717) is 19.6 Å². The van der Waals surface area contributed by atoms with Crippen LogP contribution in [0, 0.1) is 0 Å². The number of aliphatic imine (C=N–C) groups is 1. The van der Waals surface area contributed by atoms with Crippen molar-refractivity contribution >= 4 is 16.9 Å². The molecule has 35 heavy (non-hydrogen) atoms. The van der Waals surface area contributed by atoms with Crippen LogP contribution in [0.1, 0.15) is 17.5 Å². The number of fused-ring (bicyclic) bond motifs is 1. The van der Waals surface area contributed by atoms with Gasteiger partial charge in [-0.3, -0.25) is 4.99 Å². The molecule has 0 unspecified atom stereocenters. The molecule has 1 saturated heterocycles. The van der Waals surface area contributed by atoms with Crippen molar-refractivity contribution in [3.8, 4) is 11.5 Å². The molecule has 8 nitrogen and oxygen atoms in total. The number of hydrogen-bond donors (Lipinski definition) is 1. The van der Waals surface area contributed by atoms with Crippen LogP contribution in [0.2, 0.25) is 0 Å². The highest BCUT2D eigenvalue weighted by atomic mass is 32.2. The van der Waals surface area contributed by atoms with E-state index in [9.17, 15) is 5.11 Å². The van der Waals surface area contributed by atoms with Crippen LogP contribution in [0.25, 0.3) is 0 Å². The van der Waals surface area contributed by atoms with Gasteiger partial charge in [0, 0.05) is 20.7 Å². The van der Waals surface area contributed by atoms with Crippen molar-refractivity contribution < 1.29 is 28.8 Å². The van der Waals surface area contributed by atoms with Gasteiger partial charge >= 0.3 is 0 Å². The smallest absolute Gasteiger partial charge is 0.161 e. The monoisotopic (exact) mass is 502 g/mol. The number of aliphatic hydroxyl groups is 1. The Kier molecular flexibility index (Phi) is 8.91. The molecule has 0 saturated carbocycles. The van der Waals surface area contributed by atoms with Gasteiger partial charge in [-0.05, 0) is 41.8 Å². The average molecular weight is 503 g/mol. The van der Waals surface area contributed by atoms with Crippen LogP contribution < -0.4 is 9.47 Å². The Balaban J connectivity index is 1.55. The van der Waals surface area contributed by atoms with E-state index in [2.05, 4.69) is 0 Å². The van der Waals surface area contributed by atoms with Crippen LogP contribution in [-0.2, 0) is 27.4 Å². The first-order chi connectivity index (χ1) is 17.0. The van der Waals surface area contributed by atoms with Crippen LogP contribution in [0.15, 0.2) is 53.5 Å². The van der Waals surface area contributed by atoms with E-state index in [4.69, 9.17) is 28.7 Å². The van der Waals surface area contributed by atoms with E-state index in [0.717, 1.165) is 27.8 Å². The van der Waals surface area contributed by atoms with Gasteiger partial charge in [-0.2, -0.15) is 0 Å². The second-order valence-electron chi connectivity index (χ2n) is 8.72. The molecule has 2 aromatic rings. The number of methoxy groups -OCH3 is 2. The number of nitrogens with zero attached hydrogens (tertiary/aromatic N) is 2. The van der Waals surface area contributed by atoms with E-state index in [1.54, 1.807) is 26.0 Å². The predicted molar refractivity (Wildman–Crippen MR) is 136 cm³/mol. The standard InChI is InChI=1S/C26H34N2O6S/c1-28(2)26-27-22-24(33-16-18-7-11-20(31-4)12-8-18)23(21(13-14-29)34-25(22)35-26)32-15-17-5-9-19(30-3)10-6-17/h5-12,21-25,29H,13-16H2,1-4H3/t21-,22-,23-,24-,25-/m1/s1. The molecule has 0 aromatic heterocycles. The maximum Gasteiger partial charge on any atom is 0.161 e. The number of rotatable bonds is 10. The summed E-state index contributed by atoms with van der Waals surface area (Å²) in [4.78, 5) is 6.92. The van der Waals surface area contributed by atoms with Gasteiger partial charge in [0.1, 0.15) is 35.2 Å². The van der Waals surface area contributed by atoms with Gasteiger partial charge in [-0.15, -0.1) is 0 Å². The van der Waals surface area contributed by atoms with Gasteiger partial charge in [-0.25, -0.2) is 0 Å². The fourth-order valence-corrected chi connectivity index (χ4v) is 5.34. The van der Waals surface area contributed by atoms with Crippen molar-refractivity contribution in [3.63, 3.8) is 0 Å². The molecule has 4 rings (SSSR count). The highest BCUT2D eigenvalue weighted by molar-refractivity contribution is 8.14. The highest BCUT2D eigenvalue weighted by Gasteiger charge is 2.50. The summed E-state index contributed by atoms with van der Waals surface area (Å²) in [5, 5.41) is 10.7. The predicted octanol–water partition coefficient (Wildman–Crippen LogP) is 3.31. The minimum Gasteiger partial charge on any atom is -0.497 e. The van der Waals surface area contributed by atoms with Crippen LogP contribution in [0.5, 0.6) is 11.5 Å². The normalized spacial score (nSPS) is 25.6. The largest absolute Gasteiger partial charge is 0.497 e. The number of thioether (sulfide) groups is 1. The van der Waals surface area contributed by atoms with Gasteiger partial charge in [0.15, 0.2) is 5.17 Å². The molecule has 2 aromatic carbocycles. The van der Waals surface area contributed by atoms with Crippen LogP contribution >= 0.6 is 11.8 Å². The lowest BCUT2D eigenvalue weighted by atomic mass is 9.95. The van der Waals surface area contributed by atoms with Crippen molar-refractivity contribution in [1.29, 1.82) is 0 Å². The molecular weight excluding hydrogens is 468 g/mol. The van der Waals surface area contributed by atoms with Gasteiger partial charge in [0.05, 0.1) is 33.5 Å². The maximum absolute atomic E-state index is 9.76. The van der Waals surface area contributed by atoms with Crippen LogP contribution in [-0.4, -0.2) is 79.9 Å². The SMILES string of the molecule is COc1ccc(CO[C@@H]2[C@H]3N=C(N(C)C)S[C@H]3O[C@H](CCO)[C@H]2OCc2ccc(OC)cc2)cc1. The number of hydrogen-bond acceptors (Lipinski definition) is 9. The number of aliphatic hydroxyl groups excluding tert-OH is 1. The molecule has 1 N–H and O–H groups in total. The molecule has 1 fully saturated rings. The summed E-state index contributed by atoms with van der Waals surface area (Å²) in [6.45, 7) is 0.794. The number of amidine groups is 1. The first-order valence-corrected chi connectivity index (χ1v) is 12.6. The second-order valence-corrected chi connectivity index (χ2v) is 9.78. The Hall–Kier alpha value is -2.30. The van der Waals surface area contributed by atoms with E-state index >= 15 is 0 Å². The van der Waals surface area contributed by atoms with Crippen LogP contribution in [0.3, 0.4) is 0 Å². The molecule has 0 radical (unpaired) electrons. The molecule has 9 heteroatoms. The fourth-order valence-electron chi connectivity index (χ4n) is 4.19. The van der Waals surface area contributed by atoms with Crippen molar-refractivity contribution in [2.24, 2.45) is 4.99 Å². The lowest BCUT2D eigenvalue weighted by molar-refractivity contribution is -0.200. The summed E-state index contributed by atoms with van der Waals surface area (Å²) in [6.07, 6.45) is -0.591. The van der Waals surface area contributed by atoms with Gasteiger partial charge < -0.3 is 33.7 Å². The minimum absolute atomic E-state index is 0.00170. The lowest BCUT2D eigenvalue weighted by Gasteiger charge is -2.42. The highest BCUT2D eigenvalue weighted by Crippen LogP contribution is 2.40. The van der Waals surface area contributed by atoms with E-state index in [-0.39, 0.29) is 30.3 Å². The van der Waals surface area contributed by atoms with Crippen molar-refractivity contribution in [2.45, 2.75) is 49.4 Å². The molecule has 190 valence electrons. The Labute approximate surface area is 211 Å². The number of benzene rings is 2. The average Bonchev–Trinajstić information content (AvgIpc) is 3.31. The summed E-state index contributed by atoms with van der Waals surface area (Å²) in [7, 11) is 7.24. The third-order valence-corrected chi connectivity index (χ3v) is 7.40. The summed E-state index contributed by atoms with van der Waals surface area (Å²) < 4.78 is 29.9. The molecule has 5 atom stereocenters. The summed E-state index contributed by atoms with van der Waals surface area (Å²) in [5.74, 6) is 1.60. The maximum atomic E-state index is 9.76. The molecule has 0 spiro atoms. The fraction of sp³-hybridized carbons (Fsp3) is 0.500. The van der Waals surface area contributed by atoms with Gasteiger partial charge in [-0.1, -0.05) is 36.0 Å². The topological polar surface area (TPSA) is 82.0 Å². The second kappa shape index (κ2) is 12.1. The van der Waals surface area contributed by atoms with Crippen molar-refractivity contribution in [1.82, 2.24) is 4.90 Å². The van der Waals surface area contributed by atoms with Crippen molar-refractivity contribution in [2.75, 3.05) is 34.9 Å². The number of ether oxygens (including phenoxy) is 5.